The average Bonchev–Trinajstić information content (AvgIpc) is 3.05. The standard InChI is InChI=1S/C22H36N4O4/c1-13(2)25-19(22(4,5)6)21(29)26-12-15(27)9-17(26)20(28)24-11-16-18(30-7)8-14(3)10-23-16/h8,10,13,15,17,19,25,27H,9,11-12H2,1-7H3,(H,24,28)/t15-,17+,19-/m1/s1. The van der Waals surface area contributed by atoms with Crippen molar-refractivity contribution >= 4 is 11.8 Å². The summed E-state index contributed by atoms with van der Waals surface area (Å²) in [7, 11) is 1.56. The third-order valence-electron chi connectivity index (χ3n) is 5.19. The van der Waals surface area contributed by atoms with Crippen LogP contribution in [0.25, 0.3) is 0 Å². The van der Waals surface area contributed by atoms with E-state index in [9.17, 15) is 14.7 Å². The lowest BCUT2D eigenvalue weighted by atomic mass is 9.85. The lowest BCUT2D eigenvalue weighted by molar-refractivity contribution is -0.142. The van der Waals surface area contributed by atoms with Gasteiger partial charge < -0.3 is 25.4 Å². The average molecular weight is 421 g/mol. The number of hydrogen-bond acceptors (Lipinski definition) is 6. The van der Waals surface area contributed by atoms with E-state index in [0.29, 0.717) is 11.4 Å². The monoisotopic (exact) mass is 420 g/mol. The number of aliphatic hydroxyl groups excluding tert-OH is 1. The van der Waals surface area contributed by atoms with Crippen molar-refractivity contribution in [3.63, 3.8) is 0 Å². The van der Waals surface area contributed by atoms with Crippen molar-refractivity contribution in [1.29, 1.82) is 0 Å². The number of pyridine rings is 1. The molecule has 168 valence electrons. The largest absolute Gasteiger partial charge is 0.495 e. The third-order valence-corrected chi connectivity index (χ3v) is 5.19. The van der Waals surface area contributed by atoms with Gasteiger partial charge in [0.1, 0.15) is 17.5 Å². The zero-order chi connectivity index (χ0) is 22.6. The highest BCUT2D eigenvalue weighted by atomic mass is 16.5. The van der Waals surface area contributed by atoms with Gasteiger partial charge in [0, 0.05) is 25.2 Å². The Hall–Kier alpha value is -2.19. The van der Waals surface area contributed by atoms with Crippen molar-refractivity contribution in [1.82, 2.24) is 20.5 Å². The summed E-state index contributed by atoms with van der Waals surface area (Å²) in [4.78, 5) is 32.1. The molecule has 0 unspecified atom stereocenters. The Morgan fingerprint density at radius 2 is 2.03 bits per heavy atom. The Labute approximate surface area is 179 Å². The number of hydrogen-bond donors (Lipinski definition) is 3. The summed E-state index contributed by atoms with van der Waals surface area (Å²) in [6.07, 6.45) is 1.20. The number of β-amino-alcohol motifs (C(OH)–C–C–N with tert-alkyl or cyclic N) is 1. The van der Waals surface area contributed by atoms with Crippen molar-refractivity contribution < 1.29 is 19.4 Å². The van der Waals surface area contributed by atoms with E-state index < -0.39 is 18.2 Å². The zero-order valence-electron chi connectivity index (χ0n) is 19.2. The summed E-state index contributed by atoms with van der Waals surface area (Å²) in [6, 6.07) is 0.785. The number of amides is 2. The highest BCUT2D eigenvalue weighted by Crippen LogP contribution is 2.26. The van der Waals surface area contributed by atoms with E-state index in [2.05, 4.69) is 15.6 Å². The minimum absolute atomic E-state index is 0.109. The Morgan fingerprint density at radius 1 is 1.37 bits per heavy atom. The van der Waals surface area contributed by atoms with Gasteiger partial charge in [0.25, 0.3) is 0 Å². The maximum Gasteiger partial charge on any atom is 0.243 e. The van der Waals surface area contributed by atoms with Crippen LogP contribution in [-0.2, 0) is 16.1 Å². The van der Waals surface area contributed by atoms with Gasteiger partial charge in [-0.05, 0) is 24.0 Å². The van der Waals surface area contributed by atoms with E-state index in [1.807, 2.05) is 47.6 Å². The summed E-state index contributed by atoms with van der Waals surface area (Å²) in [6.45, 7) is 12.2. The molecule has 0 radical (unpaired) electrons. The number of carbonyl (C=O) groups excluding carboxylic acids is 2. The maximum atomic E-state index is 13.3. The highest BCUT2D eigenvalue weighted by molar-refractivity contribution is 5.91. The Bertz CT molecular complexity index is 760. The first-order valence-corrected chi connectivity index (χ1v) is 10.5. The number of likely N-dealkylation sites (tertiary alicyclic amines) is 1. The number of nitrogens with zero attached hydrogens (tertiary/aromatic N) is 2. The number of aliphatic hydroxyl groups is 1. The van der Waals surface area contributed by atoms with Crippen molar-refractivity contribution in [2.75, 3.05) is 13.7 Å². The molecule has 1 fully saturated rings. The molecule has 8 nitrogen and oxygen atoms in total. The summed E-state index contributed by atoms with van der Waals surface area (Å²) < 4.78 is 5.34. The molecule has 3 N–H and O–H groups in total. The number of ether oxygens (including phenoxy) is 1. The molecule has 1 aromatic heterocycles. The molecule has 0 saturated carbocycles. The van der Waals surface area contributed by atoms with Crippen LogP contribution < -0.4 is 15.4 Å². The molecule has 2 rings (SSSR count). The second-order valence-corrected chi connectivity index (χ2v) is 9.40. The van der Waals surface area contributed by atoms with Crippen LogP contribution in [0.1, 0.15) is 52.3 Å². The fourth-order valence-corrected chi connectivity index (χ4v) is 3.67. The van der Waals surface area contributed by atoms with Gasteiger partial charge in [-0.3, -0.25) is 14.6 Å². The van der Waals surface area contributed by atoms with Crippen LogP contribution in [-0.4, -0.2) is 64.7 Å². The lowest BCUT2D eigenvalue weighted by Gasteiger charge is -2.36. The van der Waals surface area contributed by atoms with E-state index in [1.54, 1.807) is 13.3 Å². The first kappa shape index (κ1) is 24.1. The molecule has 2 amide bonds. The highest BCUT2D eigenvalue weighted by Gasteiger charge is 2.43. The molecule has 3 atom stereocenters. The van der Waals surface area contributed by atoms with Crippen molar-refractivity contribution in [2.45, 2.75) is 78.7 Å². The summed E-state index contributed by atoms with van der Waals surface area (Å²) >= 11 is 0. The van der Waals surface area contributed by atoms with Gasteiger partial charge in [-0.1, -0.05) is 34.6 Å². The molecule has 0 bridgehead atoms. The number of nitrogens with one attached hydrogen (secondary N) is 2. The number of aromatic nitrogens is 1. The van der Waals surface area contributed by atoms with Crippen molar-refractivity contribution in [3.05, 3.63) is 23.5 Å². The molecular formula is C22H36N4O4. The number of carbonyl (C=O) groups is 2. The fourth-order valence-electron chi connectivity index (χ4n) is 3.67. The second kappa shape index (κ2) is 9.75. The first-order valence-electron chi connectivity index (χ1n) is 10.5. The van der Waals surface area contributed by atoms with Crippen LogP contribution in [0.5, 0.6) is 5.75 Å². The quantitative estimate of drug-likeness (QED) is 0.616. The van der Waals surface area contributed by atoms with E-state index >= 15 is 0 Å². The predicted octanol–water partition coefficient (Wildman–Crippen LogP) is 1.39. The molecule has 0 spiro atoms. The Balaban J connectivity index is 2.15. The van der Waals surface area contributed by atoms with Crippen LogP contribution >= 0.6 is 0 Å². The second-order valence-electron chi connectivity index (χ2n) is 9.40. The summed E-state index contributed by atoms with van der Waals surface area (Å²) in [5.41, 5.74) is 1.24. The van der Waals surface area contributed by atoms with E-state index in [1.165, 1.54) is 4.90 Å². The lowest BCUT2D eigenvalue weighted by Crippen LogP contribution is -2.57. The van der Waals surface area contributed by atoms with Crippen LogP contribution in [0.2, 0.25) is 0 Å². The van der Waals surface area contributed by atoms with E-state index in [-0.39, 0.29) is 42.8 Å². The van der Waals surface area contributed by atoms with Gasteiger partial charge in [-0.25, -0.2) is 0 Å². The van der Waals surface area contributed by atoms with E-state index in [4.69, 9.17) is 4.74 Å². The molecule has 1 saturated heterocycles. The minimum Gasteiger partial charge on any atom is -0.495 e. The van der Waals surface area contributed by atoms with Crippen LogP contribution in [0.4, 0.5) is 0 Å². The molecule has 0 aromatic carbocycles. The fraction of sp³-hybridized carbons (Fsp3) is 0.682. The Morgan fingerprint density at radius 3 is 2.60 bits per heavy atom. The van der Waals surface area contributed by atoms with Crippen LogP contribution in [0, 0.1) is 12.3 Å². The normalized spacial score (nSPS) is 20.4. The third kappa shape index (κ3) is 5.92. The molecule has 1 aliphatic heterocycles. The maximum absolute atomic E-state index is 13.3. The zero-order valence-corrected chi connectivity index (χ0v) is 19.2. The minimum atomic E-state index is -0.726. The van der Waals surface area contributed by atoms with Crippen LogP contribution in [0.15, 0.2) is 12.3 Å². The number of methoxy groups -OCH3 is 1. The Kier molecular flexibility index (Phi) is 7.82. The molecule has 8 heteroatoms. The molecule has 2 heterocycles. The molecule has 30 heavy (non-hydrogen) atoms. The van der Waals surface area contributed by atoms with Crippen LogP contribution in [0.3, 0.4) is 0 Å². The van der Waals surface area contributed by atoms with Crippen molar-refractivity contribution in [3.8, 4) is 5.75 Å². The molecule has 0 aliphatic carbocycles. The summed E-state index contributed by atoms with van der Waals surface area (Å²) in [5, 5.41) is 16.4. The topological polar surface area (TPSA) is 104 Å². The van der Waals surface area contributed by atoms with Gasteiger partial charge in [-0.2, -0.15) is 0 Å². The van der Waals surface area contributed by atoms with Gasteiger partial charge in [0.05, 0.1) is 25.8 Å². The SMILES string of the molecule is COc1cc(C)cnc1CNC(=O)[C@@H]1C[C@@H](O)CN1C(=O)[C@@H](NC(C)C)C(C)(C)C. The molecule has 1 aromatic rings. The molecule has 1 aliphatic rings. The van der Waals surface area contributed by atoms with Crippen molar-refractivity contribution in [2.24, 2.45) is 5.41 Å². The summed E-state index contributed by atoms with van der Waals surface area (Å²) in [5.74, 6) is 0.129. The number of rotatable bonds is 7. The smallest absolute Gasteiger partial charge is 0.243 e. The van der Waals surface area contributed by atoms with Gasteiger partial charge in [0.2, 0.25) is 11.8 Å². The number of aryl methyl sites for hydroxylation is 1. The van der Waals surface area contributed by atoms with Gasteiger partial charge in [-0.15, -0.1) is 0 Å². The van der Waals surface area contributed by atoms with Gasteiger partial charge in [0.15, 0.2) is 0 Å². The predicted molar refractivity (Wildman–Crippen MR) is 115 cm³/mol. The van der Waals surface area contributed by atoms with Gasteiger partial charge >= 0.3 is 0 Å². The first-order chi connectivity index (χ1) is 13.9. The molecular weight excluding hydrogens is 384 g/mol. The van der Waals surface area contributed by atoms with E-state index in [0.717, 1.165) is 5.56 Å².